The third-order valence-electron chi connectivity index (χ3n) is 6.48. The average Bonchev–Trinajstić information content (AvgIpc) is 3.55. The first-order chi connectivity index (χ1) is 15.3. The smallest absolute Gasteiger partial charge is 0.254 e. The molecule has 31 heavy (non-hydrogen) atoms. The van der Waals surface area contributed by atoms with Gasteiger partial charge in [-0.15, -0.1) is 11.3 Å². The Hall–Kier alpha value is -3.25. The van der Waals surface area contributed by atoms with Crippen LogP contribution in [0.15, 0.2) is 72.2 Å². The molecule has 0 spiro atoms. The molecular weight excluding hydrogens is 404 g/mol. The number of rotatable bonds is 3. The van der Waals surface area contributed by atoms with E-state index in [0.717, 1.165) is 59.0 Å². The fourth-order valence-corrected chi connectivity index (χ4v) is 5.70. The third-order valence-corrected chi connectivity index (χ3v) is 7.38. The van der Waals surface area contributed by atoms with Crippen molar-refractivity contribution in [2.24, 2.45) is 11.8 Å². The van der Waals surface area contributed by atoms with Gasteiger partial charge in [0.2, 0.25) is 0 Å². The lowest BCUT2D eigenvalue weighted by Crippen LogP contribution is -2.33. The maximum Gasteiger partial charge on any atom is 0.254 e. The Morgan fingerprint density at radius 3 is 2.39 bits per heavy atom. The predicted molar refractivity (Wildman–Crippen MR) is 124 cm³/mol. The maximum absolute atomic E-state index is 13.4. The molecule has 1 amide bonds. The van der Waals surface area contributed by atoms with E-state index in [2.05, 4.69) is 27.4 Å². The van der Waals surface area contributed by atoms with Crippen LogP contribution in [0.3, 0.4) is 0 Å². The molecule has 2 atom stereocenters. The van der Waals surface area contributed by atoms with Crippen LogP contribution in [0.2, 0.25) is 0 Å². The quantitative estimate of drug-likeness (QED) is 0.482. The number of fused-ring (bicyclic) bond motifs is 2. The van der Waals surface area contributed by atoms with Crippen molar-refractivity contribution in [3.05, 3.63) is 77.8 Å². The molecule has 6 rings (SSSR count). The SMILES string of the molecule is O=C(c1ccccc1-c1cccs1)N1C[C@@H]2CN(c3cnc4ccccc4n3)C[C@@H]2C1. The Morgan fingerprint density at radius 1 is 0.871 bits per heavy atom. The first-order valence-electron chi connectivity index (χ1n) is 10.7. The van der Waals surface area contributed by atoms with E-state index in [0.29, 0.717) is 11.8 Å². The number of para-hydroxylation sites is 2. The Kier molecular flexibility index (Phi) is 4.46. The summed E-state index contributed by atoms with van der Waals surface area (Å²) in [7, 11) is 0. The minimum atomic E-state index is 0.149. The van der Waals surface area contributed by atoms with Gasteiger partial charge in [-0.25, -0.2) is 4.98 Å². The van der Waals surface area contributed by atoms with Crippen LogP contribution in [0.4, 0.5) is 5.82 Å². The van der Waals surface area contributed by atoms with Crippen LogP contribution in [0.5, 0.6) is 0 Å². The van der Waals surface area contributed by atoms with E-state index in [9.17, 15) is 4.79 Å². The predicted octanol–water partition coefficient (Wildman–Crippen LogP) is 4.57. The highest BCUT2D eigenvalue weighted by Gasteiger charge is 2.42. The molecular formula is C25H22N4OS. The summed E-state index contributed by atoms with van der Waals surface area (Å²) in [6, 6.07) is 20.1. The lowest BCUT2D eigenvalue weighted by molar-refractivity contribution is 0.0783. The Morgan fingerprint density at radius 2 is 1.61 bits per heavy atom. The van der Waals surface area contributed by atoms with Crippen molar-refractivity contribution in [3.8, 4) is 10.4 Å². The number of likely N-dealkylation sites (tertiary alicyclic amines) is 1. The second-order valence-electron chi connectivity index (χ2n) is 8.38. The number of carbonyl (C=O) groups excluding carboxylic acids is 1. The van der Waals surface area contributed by atoms with Crippen LogP contribution in [-0.2, 0) is 0 Å². The number of thiophene rings is 1. The molecule has 2 aliphatic rings. The summed E-state index contributed by atoms with van der Waals surface area (Å²) in [4.78, 5) is 28.3. The van der Waals surface area contributed by atoms with E-state index < -0.39 is 0 Å². The normalized spacial score (nSPS) is 20.4. The van der Waals surface area contributed by atoms with Gasteiger partial charge in [0.25, 0.3) is 5.91 Å². The first-order valence-corrected chi connectivity index (χ1v) is 11.5. The van der Waals surface area contributed by atoms with Gasteiger partial charge < -0.3 is 9.80 Å². The van der Waals surface area contributed by atoms with Crippen molar-refractivity contribution in [3.63, 3.8) is 0 Å². The minimum Gasteiger partial charge on any atom is -0.355 e. The molecule has 0 saturated carbocycles. The van der Waals surface area contributed by atoms with Gasteiger partial charge in [-0.2, -0.15) is 0 Å². The second-order valence-corrected chi connectivity index (χ2v) is 9.32. The summed E-state index contributed by atoms with van der Waals surface area (Å²) in [6.07, 6.45) is 1.88. The largest absolute Gasteiger partial charge is 0.355 e. The third kappa shape index (κ3) is 3.27. The summed E-state index contributed by atoms with van der Waals surface area (Å²) in [5, 5.41) is 2.06. The van der Waals surface area contributed by atoms with Crippen LogP contribution in [0, 0.1) is 11.8 Å². The van der Waals surface area contributed by atoms with E-state index in [1.807, 2.05) is 59.6 Å². The summed E-state index contributed by atoms with van der Waals surface area (Å²) in [5.41, 5.74) is 3.70. The maximum atomic E-state index is 13.4. The second kappa shape index (κ2) is 7.46. The highest BCUT2D eigenvalue weighted by Crippen LogP contribution is 2.35. The van der Waals surface area contributed by atoms with Crippen LogP contribution in [0.25, 0.3) is 21.5 Å². The van der Waals surface area contributed by atoms with Gasteiger partial charge in [0.05, 0.1) is 17.2 Å². The zero-order valence-electron chi connectivity index (χ0n) is 17.0. The highest BCUT2D eigenvalue weighted by molar-refractivity contribution is 7.13. The zero-order chi connectivity index (χ0) is 20.8. The number of amides is 1. The highest BCUT2D eigenvalue weighted by atomic mass is 32.1. The molecule has 4 heterocycles. The number of nitrogens with zero attached hydrogens (tertiary/aromatic N) is 4. The minimum absolute atomic E-state index is 0.149. The molecule has 154 valence electrons. The van der Waals surface area contributed by atoms with Gasteiger partial charge >= 0.3 is 0 Å². The van der Waals surface area contributed by atoms with E-state index in [-0.39, 0.29) is 5.91 Å². The summed E-state index contributed by atoms with van der Waals surface area (Å²) >= 11 is 1.68. The number of anilines is 1. The number of benzene rings is 2. The first kappa shape index (κ1) is 18.5. The van der Waals surface area contributed by atoms with E-state index >= 15 is 0 Å². The Bertz CT molecular complexity index is 1240. The molecule has 6 heteroatoms. The molecule has 0 N–H and O–H groups in total. The average molecular weight is 427 g/mol. The number of hydrogen-bond donors (Lipinski definition) is 0. The van der Waals surface area contributed by atoms with Gasteiger partial charge in [-0.1, -0.05) is 36.4 Å². The molecule has 4 aromatic rings. The zero-order valence-corrected chi connectivity index (χ0v) is 17.8. The molecule has 2 saturated heterocycles. The van der Waals surface area contributed by atoms with Crippen molar-refractivity contribution in [2.75, 3.05) is 31.1 Å². The number of carbonyl (C=O) groups is 1. The number of aromatic nitrogens is 2. The van der Waals surface area contributed by atoms with Crippen molar-refractivity contribution >= 4 is 34.1 Å². The molecule has 0 bridgehead atoms. The summed E-state index contributed by atoms with van der Waals surface area (Å²) in [6.45, 7) is 3.46. The molecule has 2 aromatic carbocycles. The van der Waals surface area contributed by atoms with Gasteiger partial charge in [0.15, 0.2) is 0 Å². The van der Waals surface area contributed by atoms with Gasteiger partial charge in [-0.05, 0) is 29.6 Å². The van der Waals surface area contributed by atoms with Crippen LogP contribution < -0.4 is 4.90 Å². The molecule has 2 aromatic heterocycles. The van der Waals surface area contributed by atoms with E-state index in [1.165, 1.54) is 0 Å². The van der Waals surface area contributed by atoms with Gasteiger partial charge in [0.1, 0.15) is 5.82 Å². The standard InChI is InChI=1S/C25H22N4OS/c30-25(20-7-2-1-6-19(20)23-10-5-11-31-23)29-15-17-13-28(14-18(17)16-29)24-12-26-21-8-3-4-9-22(21)27-24/h1-12,17-18H,13-16H2/t17-,18+. The van der Waals surface area contributed by atoms with Crippen molar-refractivity contribution in [1.82, 2.24) is 14.9 Å². The van der Waals surface area contributed by atoms with Crippen LogP contribution >= 0.6 is 11.3 Å². The number of hydrogen-bond acceptors (Lipinski definition) is 5. The molecule has 0 radical (unpaired) electrons. The lowest BCUT2D eigenvalue weighted by atomic mass is 10.0. The summed E-state index contributed by atoms with van der Waals surface area (Å²) in [5.74, 6) is 2.04. The van der Waals surface area contributed by atoms with Crippen LogP contribution in [-0.4, -0.2) is 47.0 Å². The van der Waals surface area contributed by atoms with Crippen molar-refractivity contribution < 1.29 is 4.79 Å². The fourth-order valence-electron chi connectivity index (χ4n) is 4.93. The summed E-state index contributed by atoms with van der Waals surface area (Å²) < 4.78 is 0. The van der Waals surface area contributed by atoms with Crippen molar-refractivity contribution in [1.29, 1.82) is 0 Å². The van der Waals surface area contributed by atoms with E-state index in [1.54, 1.807) is 11.3 Å². The lowest BCUT2D eigenvalue weighted by Gasteiger charge is -2.23. The van der Waals surface area contributed by atoms with Crippen molar-refractivity contribution in [2.45, 2.75) is 0 Å². The molecule has 0 unspecified atom stereocenters. The molecule has 0 aliphatic carbocycles. The fraction of sp³-hybridized carbons (Fsp3) is 0.240. The topological polar surface area (TPSA) is 49.3 Å². The monoisotopic (exact) mass is 426 g/mol. The van der Waals surface area contributed by atoms with Gasteiger partial charge in [-0.3, -0.25) is 9.78 Å². The molecule has 5 nitrogen and oxygen atoms in total. The molecule has 2 fully saturated rings. The van der Waals surface area contributed by atoms with E-state index in [4.69, 9.17) is 4.98 Å². The van der Waals surface area contributed by atoms with Crippen LogP contribution in [0.1, 0.15) is 10.4 Å². The Balaban J connectivity index is 1.19. The Labute approximate surface area is 185 Å². The molecule has 2 aliphatic heterocycles. The van der Waals surface area contributed by atoms with Gasteiger partial charge in [0, 0.05) is 54.0 Å².